The van der Waals surface area contributed by atoms with Gasteiger partial charge in [0.15, 0.2) is 0 Å². The minimum atomic E-state index is 0.806. The van der Waals surface area contributed by atoms with Crippen LogP contribution < -0.4 is 0 Å². The van der Waals surface area contributed by atoms with Crippen molar-refractivity contribution in [2.45, 2.75) is 19.6 Å². The average Bonchev–Trinajstić information content (AvgIpc) is 3.15. The molecule has 4 heteroatoms. The van der Waals surface area contributed by atoms with Gasteiger partial charge in [-0.05, 0) is 41.3 Å². The van der Waals surface area contributed by atoms with Crippen molar-refractivity contribution >= 4 is 10.8 Å². The van der Waals surface area contributed by atoms with Crippen LogP contribution in [0.15, 0.2) is 79.4 Å². The molecule has 2 aromatic carbocycles. The van der Waals surface area contributed by atoms with Crippen molar-refractivity contribution in [2.24, 2.45) is 0 Å². The third kappa shape index (κ3) is 3.81. The number of aromatic nitrogens is 3. The van der Waals surface area contributed by atoms with Gasteiger partial charge in [0, 0.05) is 43.3 Å². The van der Waals surface area contributed by atoms with Crippen LogP contribution in [0.1, 0.15) is 16.7 Å². The second kappa shape index (κ2) is 7.50. The Balaban J connectivity index is 1.47. The second-order valence-electron chi connectivity index (χ2n) is 6.71. The summed E-state index contributed by atoms with van der Waals surface area (Å²) in [5.74, 6) is 0. The minimum Gasteiger partial charge on any atom is -0.298 e. The number of hydrogen-bond donors (Lipinski definition) is 0. The highest BCUT2D eigenvalue weighted by atomic mass is 15.3. The van der Waals surface area contributed by atoms with Crippen LogP contribution in [0.5, 0.6) is 0 Å². The Morgan fingerprint density at radius 3 is 2.69 bits per heavy atom. The monoisotopic (exact) mass is 342 g/mol. The number of hydrogen-bond acceptors (Lipinski definition) is 3. The predicted octanol–water partition coefficient (Wildman–Crippen LogP) is 4.11. The quantitative estimate of drug-likeness (QED) is 0.529. The van der Waals surface area contributed by atoms with Crippen LogP contribution in [-0.2, 0) is 19.6 Å². The van der Waals surface area contributed by atoms with Crippen molar-refractivity contribution in [2.75, 3.05) is 7.05 Å². The molecule has 0 saturated heterocycles. The van der Waals surface area contributed by atoms with Crippen molar-refractivity contribution in [1.82, 2.24) is 19.7 Å². The van der Waals surface area contributed by atoms with Crippen LogP contribution in [-0.4, -0.2) is 26.7 Å². The van der Waals surface area contributed by atoms with E-state index in [1.165, 1.54) is 27.5 Å². The zero-order valence-electron chi connectivity index (χ0n) is 14.9. The SMILES string of the molecule is CN(Cc1cccc(Cn2cccn2)c1)Cc1cccc2cnccc12. The van der Waals surface area contributed by atoms with E-state index in [1.54, 1.807) is 0 Å². The fourth-order valence-corrected chi connectivity index (χ4v) is 3.39. The van der Waals surface area contributed by atoms with Gasteiger partial charge < -0.3 is 0 Å². The van der Waals surface area contributed by atoms with E-state index in [1.807, 2.05) is 35.5 Å². The van der Waals surface area contributed by atoms with Crippen LogP contribution in [0.3, 0.4) is 0 Å². The number of rotatable bonds is 6. The van der Waals surface area contributed by atoms with Gasteiger partial charge in [0.2, 0.25) is 0 Å². The maximum Gasteiger partial charge on any atom is 0.0659 e. The molecule has 0 fully saturated rings. The van der Waals surface area contributed by atoms with E-state index in [2.05, 4.69) is 70.6 Å². The predicted molar refractivity (Wildman–Crippen MR) is 105 cm³/mol. The summed E-state index contributed by atoms with van der Waals surface area (Å²) in [5, 5.41) is 6.76. The van der Waals surface area contributed by atoms with Gasteiger partial charge in [0.05, 0.1) is 6.54 Å². The number of fused-ring (bicyclic) bond motifs is 1. The van der Waals surface area contributed by atoms with Crippen molar-refractivity contribution in [3.05, 3.63) is 96.1 Å². The third-order valence-corrected chi connectivity index (χ3v) is 4.56. The molecule has 130 valence electrons. The molecule has 0 aliphatic carbocycles. The van der Waals surface area contributed by atoms with E-state index >= 15 is 0 Å². The van der Waals surface area contributed by atoms with E-state index in [4.69, 9.17) is 0 Å². The van der Waals surface area contributed by atoms with Crippen molar-refractivity contribution in [3.8, 4) is 0 Å². The Hall–Kier alpha value is -2.98. The second-order valence-corrected chi connectivity index (χ2v) is 6.71. The van der Waals surface area contributed by atoms with Gasteiger partial charge in [-0.3, -0.25) is 14.6 Å². The highest BCUT2D eigenvalue weighted by Crippen LogP contribution is 2.19. The summed E-state index contributed by atoms with van der Waals surface area (Å²) < 4.78 is 1.95. The Morgan fingerprint density at radius 2 is 1.81 bits per heavy atom. The van der Waals surface area contributed by atoms with Crippen LogP contribution in [0.25, 0.3) is 10.8 Å². The molecule has 0 radical (unpaired) electrons. The zero-order chi connectivity index (χ0) is 17.8. The molecule has 0 aliphatic heterocycles. The average molecular weight is 342 g/mol. The first-order valence-electron chi connectivity index (χ1n) is 8.83. The molecular formula is C22H22N4. The van der Waals surface area contributed by atoms with E-state index in [0.29, 0.717) is 0 Å². The van der Waals surface area contributed by atoms with Crippen LogP contribution >= 0.6 is 0 Å². The molecule has 0 spiro atoms. The molecule has 26 heavy (non-hydrogen) atoms. The van der Waals surface area contributed by atoms with Gasteiger partial charge in [0.1, 0.15) is 0 Å². The van der Waals surface area contributed by atoms with Gasteiger partial charge in [-0.25, -0.2) is 0 Å². The van der Waals surface area contributed by atoms with Crippen molar-refractivity contribution in [1.29, 1.82) is 0 Å². The molecule has 4 aromatic rings. The van der Waals surface area contributed by atoms with E-state index < -0.39 is 0 Å². The fraction of sp³-hybridized carbons (Fsp3) is 0.182. The maximum atomic E-state index is 4.29. The smallest absolute Gasteiger partial charge is 0.0659 e. The molecule has 4 nitrogen and oxygen atoms in total. The molecule has 0 unspecified atom stereocenters. The Bertz CT molecular complexity index is 987. The van der Waals surface area contributed by atoms with E-state index in [9.17, 15) is 0 Å². The molecule has 0 N–H and O–H groups in total. The highest BCUT2D eigenvalue weighted by molar-refractivity contribution is 5.84. The van der Waals surface area contributed by atoms with Crippen molar-refractivity contribution in [3.63, 3.8) is 0 Å². The highest BCUT2D eigenvalue weighted by Gasteiger charge is 2.06. The largest absolute Gasteiger partial charge is 0.298 e. The molecule has 0 saturated carbocycles. The summed E-state index contributed by atoms with van der Waals surface area (Å²) in [6, 6.07) is 19.2. The molecule has 0 bridgehead atoms. The summed E-state index contributed by atoms with van der Waals surface area (Å²) in [6.07, 6.45) is 7.60. The first-order chi connectivity index (χ1) is 12.8. The minimum absolute atomic E-state index is 0.806. The Labute approximate surface area is 153 Å². The molecule has 4 rings (SSSR count). The molecular weight excluding hydrogens is 320 g/mol. The van der Waals surface area contributed by atoms with Crippen LogP contribution in [0, 0.1) is 0 Å². The summed E-state index contributed by atoms with van der Waals surface area (Å²) >= 11 is 0. The lowest BCUT2D eigenvalue weighted by Gasteiger charge is -2.18. The molecule has 0 amide bonds. The van der Waals surface area contributed by atoms with E-state index in [0.717, 1.165) is 19.6 Å². The standard InChI is InChI=1S/C22H22N4/c1-25(17-21-8-3-7-20-14-23-11-9-22(20)21)15-18-5-2-6-19(13-18)16-26-12-4-10-24-26/h2-14H,15-17H2,1H3. The van der Waals surface area contributed by atoms with Gasteiger partial charge >= 0.3 is 0 Å². The molecule has 0 atom stereocenters. The van der Waals surface area contributed by atoms with Gasteiger partial charge in [-0.1, -0.05) is 42.5 Å². The first-order valence-corrected chi connectivity index (χ1v) is 8.83. The van der Waals surface area contributed by atoms with Crippen LogP contribution in [0.4, 0.5) is 0 Å². The summed E-state index contributed by atoms with van der Waals surface area (Å²) in [7, 11) is 2.17. The maximum absolute atomic E-state index is 4.29. The summed E-state index contributed by atoms with van der Waals surface area (Å²) in [5.41, 5.74) is 3.93. The normalized spacial score (nSPS) is 11.3. The number of pyridine rings is 1. The van der Waals surface area contributed by atoms with Gasteiger partial charge in [0.25, 0.3) is 0 Å². The lowest BCUT2D eigenvalue weighted by atomic mass is 10.1. The summed E-state index contributed by atoms with van der Waals surface area (Å²) in [4.78, 5) is 6.57. The lowest BCUT2D eigenvalue weighted by molar-refractivity contribution is 0.320. The topological polar surface area (TPSA) is 34.0 Å². The Kier molecular flexibility index (Phi) is 4.75. The number of nitrogens with zero attached hydrogens (tertiary/aromatic N) is 4. The Morgan fingerprint density at radius 1 is 0.923 bits per heavy atom. The molecule has 2 heterocycles. The fourth-order valence-electron chi connectivity index (χ4n) is 3.39. The van der Waals surface area contributed by atoms with Gasteiger partial charge in [-0.15, -0.1) is 0 Å². The zero-order valence-corrected chi connectivity index (χ0v) is 14.9. The van der Waals surface area contributed by atoms with Gasteiger partial charge in [-0.2, -0.15) is 5.10 Å². The van der Waals surface area contributed by atoms with Crippen molar-refractivity contribution < 1.29 is 0 Å². The summed E-state index contributed by atoms with van der Waals surface area (Å²) in [6.45, 7) is 2.63. The lowest BCUT2D eigenvalue weighted by Crippen LogP contribution is -2.17. The molecule has 0 aliphatic rings. The van der Waals surface area contributed by atoms with Crippen LogP contribution in [0.2, 0.25) is 0 Å². The van der Waals surface area contributed by atoms with E-state index in [-0.39, 0.29) is 0 Å². The third-order valence-electron chi connectivity index (χ3n) is 4.56. The first kappa shape index (κ1) is 16.5. The molecule has 2 aromatic heterocycles. The number of benzene rings is 2.